The molecule has 0 radical (unpaired) electrons. The van der Waals surface area contributed by atoms with Gasteiger partial charge in [-0.1, -0.05) is 6.07 Å². The van der Waals surface area contributed by atoms with Crippen LogP contribution in [0.1, 0.15) is 12.2 Å². The minimum atomic E-state index is -2.86. The third-order valence-corrected chi connectivity index (χ3v) is 6.38. The van der Waals surface area contributed by atoms with Gasteiger partial charge < -0.3 is 29.9 Å². The molecule has 1 amide bonds. The number of halogens is 2. The van der Waals surface area contributed by atoms with Crippen LogP contribution in [0.15, 0.2) is 24.3 Å². The fourth-order valence-electron chi connectivity index (χ4n) is 4.52. The third kappa shape index (κ3) is 4.63. The van der Waals surface area contributed by atoms with Gasteiger partial charge in [0.05, 0.1) is 24.4 Å². The van der Waals surface area contributed by atoms with Gasteiger partial charge in [0, 0.05) is 52.4 Å². The van der Waals surface area contributed by atoms with Crippen LogP contribution >= 0.6 is 0 Å². The standard InChI is InChI=1S/C23H28F2N8O3/c1-35-14-19(34)32-7-5-30(6-8-32)17-13-18(31-9-11-36-12-10-31)28-23(27-17)33-16-4-2-3-15(26)20(16)29-22(33)21(24)25/h2-4,13,21H,5-12,14,26H2,1H3. The first-order chi connectivity index (χ1) is 17.5. The fourth-order valence-corrected chi connectivity index (χ4v) is 4.52. The number of nitrogen functional groups attached to an aromatic ring is 1. The number of methoxy groups -OCH3 is 1. The van der Waals surface area contributed by atoms with Gasteiger partial charge in [-0.15, -0.1) is 0 Å². The number of carbonyl (C=O) groups excluding carboxylic acids is 1. The molecule has 3 aromatic rings. The first-order valence-corrected chi connectivity index (χ1v) is 11.7. The summed E-state index contributed by atoms with van der Waals surface area (Å²) in [6, 6.07) is 6.84. The summed E-state index contributed by atoms with van der Waals surface area (Å²) in [7, 11) is 1.49. The summed E-state index contributed by atoms with van der Waals surface area (Å²) in [5.74, 6) is 0.755. The number of alkyl halides is 2. The SMILES string of the molecule is COCC(=O)N1CCN(c2cc(N3CCOCC3)nc(-n3c(C(F)F)nc4c(N)cccc43)n2)CC1. The zero-order chi connectivity index (χ0) is 25.2. The number of carbonyl (C=O) groups is 1. The Kier molecular flexibility index (Phi) is 6.83. The van der Waals surface area contributed by atoms with E-state index in [0.717, 1.165) is 0 Å². The van der Waals surface area contributed by atoms with Gasteiger partial charge >= 0.3 is 0 Å². The predicted octanol–water partition coefficient (Wildman–Crippen LogP) is 1.47. The maximum atomic E-state index is 14.1. The smallest absolute Gasteiger partial charge is 0.296 e. The van der Waals surface area contributed by atoms with Crippen LogP contribution in [-0.2, 0) is 14.3 Å². The average Bonchev–Trinajstić information content (AvgIpc) is 3.31. The van der Waals surface area contributed by atoms with E-state index in [9.17, 15) is 13.6 Å². The number of hydrogen-bond donors (Lipinski definition) is 1. The molecular weight excluding hydrogens is 474 g/mol. The number of rotatable bonds is 6. The molecule has 0 bridgehead atoms. The number of nitrogens with two attached hydrogens (primary N) is 1. The van der Waals surface area contributed by atoms with Crippen LogP contribution in [0.4, 0.5) is 26.1 Å². The Morgan fingerprint density at radius 1 is 1.06 bits per heavy atom. The molecule has 0 atom stereocenters. The highest BCUT2D eigenvalue weighted by atomic mass is 19.3. The van der Waals surface area contributed by atoms with E-state index in [-0.39, 0.29) is 24.0 Å². The Morgan fingerprint density at radius 3 is 2.36 bits per heavy atom. The topological polar surface area (TPSA) is 115 Å². The molecule has 4 heterocycles. The number of aromatic nitrogens is 4. The van der Waals surface area contributed by atoms with Crippen molar-refractivity contribution in [3.8, 4) is 5.95 Å². The minimum absolute atomic E-state index is 0.0338. The van der Waals surface area contributed by atoms with Gasteiger partial charge in [-0.05, 0) is 12.1 Å². The number of fused-ring (bicyclic) bond motifs is 1. The van der Waals surface area contributed by atoms with Gasteiger partial charge in [-0.3, -0.25) is 9.36 Å². The number of anilines is 3. The summed E-state index contributed by atoms with van der Waals surface area (Å²) in [6.07, 6.45) is -2.86. The van der Waals surface area contributed by atoms with Gasteiger partial charge in [0.1, 0.15) is 23.8 Å². The number of hydrogen-bond acceptors (Lipinski definition) is 9. The van der Waals surface area contributed by atoms with E-state index in [1.54, 1.807) is 23.1 Å². The second-order valence-electron chi connectivity index (χ2n) is 8.61. The second-order valence-corrected chi connectivity index (χ2v) is 8.61. The van der Waals surface area contributed by atoms with Crippen LogP contribution in [0.3, 0.4) is 0 Å². The summed E-state index contributed by atoms with van der Waals surface area (Å²) < 4.78 is 39.9. The predicted molar refractivity (Wildman–Crippen MR) is 130 cm³/mol. The molecule has 0 spiro atoms. The third-order valence-electron chi connectivity index (χ3n) is 6.38. The van der Waals surface area contributed by atoms with Gasteiger partial charge in [-0.2, -0.15) is 9.97 Å². The van der Waals surface area contributed by atoms with Crippen LogP contribution in [0.5, 0.6) is 0 Å². The lowest BCUT2D eigenvalue weighted by atomic mass is 10.3. The van der Waals surface area contributed by atoms with Gasteiger partial charge in [0.2, 0.25) is 11.9 Å². The lowest BCUT2D eigenvalue weighted by Crippen LogP contribution is -2.50. The molecule has 13 heteroatoms. The van der Waals surface area contributed by atoms with Crippen LogP contribution in [0, 0.1) is 0 Å². The van der Waals surface area contributed by atoms with Crippen molar-refractivity contribution in [3.63, 3.8) is 0 Å². The van der Waals surface area contributed by atoms with Crippen molar-refractivity contribution in [1.29, 1.82) is 0 Å². The fraction of sp³-hybridized carbons (Fsp3) is 0.478. The molecule has 0 aliphatic carbocycles. The highest BCUT2D eigenvalue weighted by Crippen LogP contribution is 2.31. The normalized spacial score (nSPS) is 16.8. The first-order valence-electron chi connectivity index (χ1n) is 11.7. The maximum absolute atomic E-state index is 14.1. The monoisotopic (exact) mass is 502 g/mol. The van der Waals surface area contributed by atoms with Gasteiger partial charge in [0.15, 0.2) is 5.82 Å². The van der Waals surface area contributed by atoms with Crippen LogP contribution in [0.25, 0.3) is 17.0 Å². The summed E-state index contributed by atoms with van der Waals surface area (Å²) in [5.41, 5.74) is 7.02. The molecule has 2 fully saturated rings. The van der Waals surface area contributed by atoms with E-state index in [2.05, 4.69) is 9.97 Å². The molecule has 11 nitrogen and oxygen atoms in total. The Hall–Kier alpha value is -3.58. The largest absolute Gasteiger partial charge is 0.397 e. The molecule has 0 saturated carbocycles. The number of para-hydroxylation sites is 1. The number of benzene rings is 1. The Labute approximate surface area is 206 Å². The number of piperazine rings is 1. The average molecular weight is 503 g/mol. The molecule has 2 aliphatic heterocycles. The molecule has 1 aromatic carbocycles. The maximum Gasteiger partial charge on any atom is 0.296 e. The number of nitrogens with zero attached hydrogens (tertiary/aromatic N) is 7. The number of ether oxygens (including phenoxy) is 2. The van der Waals surface area contributed by atoms with Crippen molar-refractivity contribution in [2.75, 3.05) is 81.7 Å². The van der Waals surface area contributed by atoms with Crippen molar-refractivity contribution in [3.05, 3.63) is 30.1 Å². The van der Waals surface area contributed by atoms with E-state index in [0.29, 0.717) is 75.3 Å². The number of imidazole rings is 1. The van der Waals surface area contributed by atoms with E-state index >= 15 is 0 Å². The summed E-state index contributed by atoms with van der Waals surface area (Å²) >= 11 is 0. The van der Waals surface area contributed by atoms with Crippen molar-refractivity contribution in [2.45, 2.75) is 6.43 Å². The van der Waals surface area contributed by atoms with Crippen LogP contribution < -0.4 is 15.5 Å². The molecule has 5 rings (SSSR count). The molecule has 0 unspecified atom stereocenters. The van der Waals surface area contributed by atoms with Crippen molar-refractivity contribution in [2.24, 2.45) is 0 Å². The molecule has 36 heavy (non-hydrogen) atoms. The second kappa shape index (κ2) is 10.2. The molecule has 2 saturated heterocycles. The van der Waals surface area contributed by atoms with Crippen molar-refractivity contribution >= 4 is 34.3 Å². The molecular formula is C23H28F2N8O3. The van der Waals surface area contributed by atoms with E-state index in [4.69, 9.17) is 20.2 Å². The highest BCUT2D eigenvalue weighted by molar-refractivity contribution is 5.88. The lowest BCUT2D eigenvalue weighted by Gasteiger charge is -2.36. The van der Waals surface area contributed by atoms with E-state index in [1.807, 2.05) is 15.9 Å². The summed E-state index contributed by atoms with van der Waals surface area (Å²) in [5, 5.41) is 0. The van der Waals surface area contributed by atoms with Crippen LogP contribution in [0.2, 0.25) is 0 Å². The lowest BCUT2D eigenvalue weighted by molar-refractivity contribution is -0.135. The quantitative estimate of drug-likeness (QED) is 0.501. The minimum Gasteiger partial charge on any atom is -0.397 e. The Balaban J connectivity index is 1.57. The first kappa shape index (κ1) is 24.1. The molecule has 192 valence electrons. The number of amides is 1. The highest BCUT2D eigenvalue weighted by Gasteiger charge is 2.27. The van der Waals surface area contributed by atoms with E-state index in [1.165, 1.54) is 11.7 Å². The summed E-state index contributed by atoms with van der Waals surface area (Å²) in [6.45, 7) is 4.43. The zero-order valence-corrected chi connectivity index (χ0v) is 19.9. The van der Waals surface area contributed by atoms with E-state index < -0.39 is 12.2 Å². The Morgan fingerprint density at radius 2 is 1.72 bits per heavy atom. The van der Waals surface area contributed by atoms with Gasteiger partial charge in [0.25, 0.3) is 6.43 Å². The Bertz CT molecular complexity index is 1240. The van der Waals surface area contributed by atoms with Gasteiger partial charge in [-0.25, -0.2) is 13.8 Å². The molecule has 2 aromatic heterocycles. The van der Waals surface area contributed by atoms with Crippen LogP contribution in [-0.4, -0.2) is 96.5 Å². The summed E-state index contributed by atoms with van der Waals surface area (Å²) in [4.78, 5) is 31.5. The van der Waals surface area contributed by atoms with Crippen molar-refractivity contribution in [1.82, 2.24) is 24.4 Å². The zero-order valence-electron chi connectivity index (χ0n) is 19.9. The van der Waals surface area contributed by atoms with Crippen molar-refractivity contribution < 1.29 is 23.0 Å². The molecule has 2 aliphatic rings. The molecule has 2 N–H and O–H groups in total. The number of morpholine rings is 1.